The minimum atomic E-state index is -0.290. The van der Waals surface area contributed by atoms with Gasteiger partial charge in [-0.15, -0.1) is 0 Å². The molecule has 0 bridgehead atoms. The van der Waals surface area contributed by atoms with E-state index < -0.39 is 0 Å². The van der Waals surface area contributed by atoms with Gasteiger partial charge in [0.05, 0.1) is 14.2 Å². The van der Waals surface area contributed by atoms with Crippen LogP contribution < -0.4 is 19.5 Å². The Hall–Kier alpha value is -3.93. The fraction of sp³-hybridized carbons (Fsp3) is 0.125. The quantitative estimate of drug-likeness (QED) is 0.534. The summed E-state index contributed by atoms with van der Waals surface area (Å²) in [4.78, 5) is 12.4. The summed E-state index contributed by atoms with van der Waals surface area (Å²) in [6.45, 7) is 0.304. The van der Waals surface area contributed by atoms with E-state index in [4.69, 9.17) is 14.2 Å². The van der Waals surface area contributed by atoms with Gasteiger partial charge >= 0.3 is 0 Å². The highest BCUT2D eigenvalue weighted by Crippen LogP contribution is 2.26. The number of ether oxygens (including phenoxy) is 3. The van der Waals surface area contributed by atoms with E-state index in [2.05, 4.69) is 5.32 Å². The second-order valence-corrected chi connectivity index (χ2v) is 6.38. The van der Waals surface area contributed by atoms with Crippen LogP contribution in [0.15, 0.2) is 72.8 Å². The van der Waals surface area contributed by atoms with Gasteiger partial charge in [-0.3, -0.25) is 4.79 Å². The second-order valence-electron chi connectivity index (χ2n) is 6.38. The summed E-state index contributed by atoms with van der Waals surface area (Å²) in [6, 6.07) is 19.7. The zero-order valence-electron chi connectivity index (χ0n) is 16.8. The minimum Gasteiger partial charge on any atom is -0.504 e. The Morgan fingerprint density at radius 2 is 1.70 bits per heavy atom. The van der Waals surface area contributed by atoms with Gasteiger partial charge in [-0.05, 0) is 54.1 Å². The maximum atomic E-state index is 12.4. The fourth-order valence-corrected chi connectivity index (χ4v) is 2.76. The lowest BCUT2D eigenvalue weighted by Crippen LogP contribution is -2.10. The number of carbonyl (C=O) groups excluding carboxylic acids is 1. The molecule has 0 atom stereocenters. The average molecular weight is 405 g/mol. The van der Waals surface area contributed by atoms with E-state index in [1.807, 2.05) is 48.5 Å². The van der Waals surface area contributed by atoms with Gasteiger partial charge in [0.1, 0.15) is 18.1 Å². The van der Waals surface area contributed by atoms with Crippen LogP contribution in [0.3, 0.4) is 0 Å². The Morgan fingerprint density at radius 1 is 0.967 bits per heavy atom. The van der Waals surface area contributed by atoms with Crippen LogP contribution in [0.2, 0.25) is 0 Å². The van der Waals surface area contributed by atoms with Crippen molar-refractivity contribution in [2.24, 2.45) is 0 Å². The number of rotatable bonds is 8. The number of amides is 1. The molecule has 0 aliphatic rings. The summed E-state index contributed by atoms with van der Waals surface area (Å²) in [5, 5.41) is 12.7. The molecule has 0 saturated heterocycles. The van der Waals surface area contributed by atoms with Crippen LogP contribution in [0.4, 0.5) is 5.69 Å². The minimum absolute atomic E-state index is 0.0149. The number of aromatic hydroxyl groups is 1. The van der Waals surface area contributed by atoms with E-state index in [0.717, 1.165) is 11.3 Å². The number of hydrogen-bond acceptors (Lipinski definition) is 5. The Bertz CT molecular complexity index is 1030. The van der Waals surface area contributed by atoms with Crippen molar-refractivity contribution in [2.45, 2.75) is 6.61 Å². The van der Waals surface area contributed by atoms with Crippen molar-refractivity contribution in [2.75, 3.05) is 19.5 Å². The predicted octanol–water partition coefficient (Wildman–Crippen LogP) is 4.64. The molecule has 0 spiro atoms. The van der Waals surface area contributed by atoms with E-state index in [0.29, 0.717) is 29.4 Å². The van der Waals surface area contributed by atoms with Crippen LogP contribution in [-0.2, 0) is 11.4 Å². The highest BCUT2D eigenvalue weighted by atomic mass is 16.5. The molecule has 0 aliphatic heterocycles. The first-order valence-electron chi connectivity index (χ1n) is 9.30. The third-order valence-corrected chi connectivity index (χ3v) is 4.36. The predicted molar refractivity (Wildman–Crippen MR) is 116 cm³/mol. The second kappa shape index (κ2) is 10.0. The van der Waals surface area contributed by atoms with Crippen molar-refractivity contribution in [3.05, 3.63) is 83.9 Å². The number of para-hydroxylation sites is 1. The highest BCUT2D eigenvalue weighted by Gasteiger charge is 2.06. The molecule has 6 heteroatoms. The van der Waals surface area contributed by atoms with Gasteiger partial charge in [-0.2, -0.15) is 0 Å². The zero-order chi connectivity index (χ0) is 21.3. The average Bonchev–Trinajstić information content (AvgIpc) is 2.77. The molecule has 0 radical (unpaired) electrons. The SMILES string of the molecule is COc1ccc(OCc2ccccc2NC(=O)C=Cc2ccc(OC)c(O)c2)cc1. The fourth-order valence-electron chi connectivity index (χ4n) is 2.76. The summed E-state index contributed by atoms with van der Waals surface area (Å²) in [6.07, 6.45) is 3.02. The van der Waals surface area contributed by atoms with E-state index in [-0.39, 0.29) is 11.7 Å². The van der Waals surface area contributed by atoms with Gasteiger partial charge in [-0.25, -0.2) is 0 Å². The molecule has 1 amide bonds. The lowest BCUT2D eigenvalue weighted by Gasteiger charge is -2.12. The van der Waals surface area contributed by atoms with Crippen molar-refractivity contribution in [3.8, 4) is 23.0 Å². The van der Waals surface area contributed by atoms with Crippen molar-refractivity contribution in [3.63, 3.8) is 0 Å². The number of methoxy groups -OCH3 is 2. The largest absolute Gasteiger partial charge is 0.504 e. The molecule has 0 aromatic heterocycles. The van der Waals surface area contributed by atoms with E-state index in [9.17, 15) is 9.90 Å². The summed E-state index contributed by atoms with van der Waals surface area (Å²) < 4.78 is 16.0. The van der Waals surface area contributed by atoms with Crippen LogP contribution in [0.25, 0.3) is 6.08 Å². The molecular formula is C24H23NO5. The smallest absolute Gasteiger partial charge is 0.248 e. The first-order chi connectivity index (χ1) is 14.6. The third kappa shape index (κ3) is 5.54. The van der Waals surface area contributed by atoms with Gasteiger partial charge in [0.2, 0.25) is 5.91 Å². The molecule has 3 rings (SSSR count). The Balaban J connectivity index is 1.63. The normalized spacial score (nSPS) is 10.6. The lowest BCUT2D eigenvalue weighted by molar-refractivity contribution is -0.111. The molecule has 154 valence electrons. The molecule has 3 aromatic rings. The summed E-state index contributed by atoms with van der Waals surface area (Å²) in [5.74, 6) is 1.56. The third-order valence-electron chi connectivity index (χ3n) is 4.36. The zero-order valence-corrected chi connectivity index (χ0v) is 16.8. The lowest BCUT2D eigenvalue weighted by atomic mass is 10.1. The monoisotopic (exact) mass is 405 g/mol. The van der Waals surface area contributed by atoms with Crippen LogP contribution >= 0.6 is 0 Å². The molecule has 0 heterocycles. The highest BCUT2D eigenvalue weighted by molar-refractivity contribution is 6.02. The number of carbonyl (C=O) groups is 1. The molecule has 0 saturated carbocycles. The van der Waals surface area contributed by atoms with Gasteiger partial charge in [0.15, 0.2) is 11.5 Å². The molecule has 30 heavy (non-hydrogen) atoms. The van der Waals surface area contributed by atoms with Crippen LogP contribution in [0.1, 0.15) is 11.1 Å². The number of phenolic OH excluding ortho intramolecular Hbond substituents is 1. The number of phenols is 1. The molecule has 2 N–H and O–H groups in total. The molecule has 0 unspecified atom stereocenters. The molecular weight excluding hydrogens is 382 g/mol. The molecule has 6 nitrogen and oxygen atoms in total. The van der Waals surface area contributed by atoms with E-state index in [1.165, 1.54) is 19.3 Å². The standard InChI is InChI=1S/C24H23NO5/c1-28-19-9-11-20(12-10-19)30-16-18-5-3-4-6-21(18)25-24(27)14-8-17-7-13-23(29-2)22(26)15-17/h3-15,26H,16H2,1-2H3,(H,25,27). The summed E-state index contributed by atoms with van der Waals surface area (Å²) >= 11 is 0. The molecule has 0 fully saturated rings. The number of hydrogen-bond donors (Lipinski definition) is 2. The topological polar surface area (TPSA) is 77.0 Å². The van der Waals surface area contributed by atoms with Crippen molar-refractivity contribution < 1.29 is 24.1 Å². The summed E-state index contributed by atoms with van der Waals surface area (Å²) in [7, 11) is 3.09. The number of benzene rings is 3. The van der Waals surface area contributed by atoms with E-state index >= 15 is 0 Å². The van der Waals surface area contributed by atoms with Gasteiger partial charge in [0.25, 0.3) is 0 Å². The van der Waals surface area contributed by atoms with Crippen molar-refractivity contribution in [1.29, 1.82) is 0 Å². The van der Waals surface area contributed by atoms with Crippen molar-refractivity contribution in [1.82, 2.24) is 0 Å². The molecule has 3 aromatic carbocycles. The Morgan fingerprint density at radius 3 is 2.40 bits per heavy atom. The Kier molecular flexibility index (Phi) is 6.95. The van der Waals surface area contributed by atoms with Gasteiger partial charge in [0, 0.05) is 17.3 Å². The van der Waals surface area contributed by atoms with Gasteiger partial charge < -0.3 is 24.6 Å². The number of nitrogens with one attached hydrogen (secondary N) is 1. The Labute approximate surface area is 175 Å². The van der Waals surface area contributed by atoms with E-state index in [1.54, 1.807) is 25.3 Å². The van der Waals surface area contributed by atoms with Crippen molar-refractivity contribution >= 4 is 17.7 Å². The maximum Gasteiger partial charge on any atom is 0.248 e. The summed E-state index contributed by atoms with van der Waals surface area (Å²) in [5.41, 5.74) is 2.19. The van der Waals surface area contributed by atoms with Crippen LogP contribution in [0, 0.1) is 0 Å². The van der Waals surface area contributed by atoms with Crippen LogP contribution in [-0.4, -0.2) is 25.2 Å². The van der Waals surface area contributed by atoms with Gasteiger partial charge in [-0.1, -0.05) is 24.3 Å². The number of anilines is 1. The maximum absolute atomic E-state index is 12.4. The molecule has 0 aliphatic carbocycles. The van der Waals surface area contributed by atoms with Crippen LogP contribution in [0.5, 0.6) is 23.0 Å². The first-order valence-corrected chi connectivity index (χ1v) is 9.30. The first kappa shape index (κ1) is 20.8.